The van der Waals surface area contributed by atoms with Gasteiger partial charge in [-0.15, -0.1) is 0 Å². The molecule has 0 amide bonds. The van der Waals surface area contributed by atoms with Crippen LogP contribution < -0.4 is 9.47 Å². The highest BCUT2D eigenvalue weighted by atomic mass is 16.6. The molecule has 0 bridgehead atoms. The number of nitrogens with zero attached hydrogens (tertiary/aromatic N) is 3. The first-order valence-corrected chi connectivity index (χ1v) is 9.46. The highest BCUT2D eigenvalue weighted by molar-refractivity contribution is 5.40. The summed E-state index contributed by atoms with van der Waals surface area (Å²) in [5, 5.41) is 0. The van der Waals surface area contributed by atoms with E-state index in [1.165, 1.54) is 5.56 Å². The van der Waals surface area contributed by atoms with Crippen LogP contribution in [0.5, 0.6) is 11.5 Å². The van der Waals surface area contributed by atoms with Crippen molar-refractivity contribution in [2.45, 2.75) is 26.1 Å². The van der Waals surface area contributed by atoms with Crippen LogP contribution in [0.1, 0.15) is 18.3 Å². The fourth-order valence-electron chi connectivity index (χ4n) is 3.36. The predicted molar refractivity (Wildman–Crippen MR) is 105 cm³/mol. The van der Waals surface area contributed by atoms with Gasteiger partial charge in [0.15, 0.2) is 11.5 Å². The molecule has 1 unspecified atom stereocenters. The summed E-state index contributed by atoms with van der Waals surface area (Å²) in [6.45, 7) is 6.11. The van der Waals surface area contributed by atoms with E-state index in [-0.39, 0.29) is 6.10 Å². The molecule has 1 aliphatic heterocycles. The van der Waals surface area contributed by atoms with Gasteiger partial charge in [0.05, 0.1) is 6.54 Å². The molecule has 140 valence electrons. The zero-order valence-corrected chi connectivity index (χ0v) is 15.6. The number of hydrogen-bond acceptors (Lipinski definition) is 4. The van der Waals surface area contributed by atoms with Gasteiger partial charge in [0.1, 0.15) is 18.5 Å². The Bertz CT molecular complexity index is 863. The molecule has 1 atom stereocenters. The van der Waals surface area contributed by atoms with E-state index in [1.54, 1.807) is 0 Å². The zero-order valence-electron chi connectivity index (χ0n) is 15.6. The Labute approximate surface area is 160 Å². The summed E-state index contributed by atoms with van der Waals surface area (Å²) < 4.78 is 14.2. The van der Waals surface area contributed by atoms with Crippen LogP contribution in [-0.4, -0.2) is 40.3 Å². The summed E-state index contributed by atoms with van der Waals surface area (Å²) in [5.74, 6) is 2.73. The molecule has 0 N–H and O–H groups in total. The Kier molecular flexibility index (Phi) is 5.39. The minimum absolute atomic E-state index is 0.0254. The van der Waals surface area contributed by atoms with Gasteiger partial charge >= 0.3 is 0 Å². The largest absolute Gasteiger partial charge is 0.486 e. The monoisotopic (exact) mass is 363 g/mol. The smallest absolute Gasteiger partial charge is 0.161 e. The van der Waals surface area contributed by atoms with Crippen molar-refractivity contribution in [3.8, 4) is 11.5 Å². The second kappa shape index (κ2) is 8.27. The van der Waals surface area contributed by atoms with Crippen molar-refractivity contribution < 1.29 is 9.47 Å². The van der Waals surface area contributed by atoms with Crippen molar-refractivity contribution in [3.05, 3.63) is 78.4 Å². The Morgan fingerprint density at radius 2 is 1.85 bits per heavy atom. The van der Waals surface area contributed by atoms with Crippen molar-refractivity contribution in [1.82, 2.24) is 14.5 Å². The van der Waals surface area contributed by atoms with E-state index in [9.17, 15) is 0 Å². The van der Waals surface area contributed by atoms with Gasteiger partial charge in [-0.3, -0.25) is 4.90 Å². The average molecular weight is 363 g/mol. The molecular weight excluding hydrogens is 338 g/mol. The van der Waals surface area contributed by atoms with Crippen LogP contribution in [0.3, 0.4) is 0 Å². The van der Waals surface area contributed by atoms with Crippen LogP contribution in [0.4, 0.5) is 0 Å². The first kappa shape index (κ1) is 17.6. The van der Waals surface area contributed by atoms with Gasteiger partial charge in [0.2, 0.25) is 0 Å². The lowest BCUT2D eigenvalue weighted by Crippen LogP contribution is -2.41. The fraction of sp³-hybridized carbons (Fsp3) is 0.318. The van der Waals surface area contributed by atoms with Crippen LogP contribution >= 0.6 is 0 Å². The third-order valence-electron chi connectivity index (χ3n) is 4.84. The van der Waals surface area contributed by atoms with Crippen molar-refractivity contribution in [3.63, 3.8) is 0 Å². The standard InChI is InChI=1S/C22H25N3O2/c1-2-24(15-19-17-26-20-10-6-7-11-21(20)27-19)16-22-23-12-13-25(22)14-18-8-4-3-5-9-18/h3-13,19H,2,14-17H2,1H3. The topological polar surface area (TPSA) is 39.5 Å². The Hall–Kier alpha value is -2.79. The summed E-state index contributed by atoms with van der Waals surface area (Å²) in [4.78, 5) is 6.93. The number of hydrogen-bond donors (Lipinski definition) is 0. The number of likely N-dealkylation sites (N-methyl/N-ethyl adjacent to an activating group) is 1. The van der Waals surface area contributed by atoms with Gasteiger partial charge in [-0.1, -0.05) is 49.4 Å². The van der Waals surface area contributed by atoms with Crippen LogP contribution in [0.15, 0.2) is 67.0 Å². The third-order valence-corrected chi connectivity index (χ3v) is 4.84. The molecule has 5 nitrogen and oxygen atoms in total. The summed E-state index contributed by atoms with van der Waals surface area (Å²) in [6, 6.07) is 18.3. The van der Waals surface area contributed by atoms with E-state index in [0.717, 1.165) is 43.5 Å². The minimum atomic E-state index is 0.0254. The lowest BCUT2D eigenvalue weighted by Gasteiger charge is -2.30. The molecule has 1 aromatic heterocycles. The number of aromatic nitrogens is 2. The maximum atomic E-state index is 6.12. The van der Waals surface area contributed by atoms with Gasteiger partial charge in [-0.25, -0.2) is 4.98 Å². The van der Waals surface area contributed by atoms with Crippen LogP contribution in [0, 0.1) is 0 Å². The first-order valence-electron chi connectivity index (χ1n) is 9.46. The first-order chi connectivity index (χ1) is 13.3. The van der Waals surface area contributed by atoms with Crippen LogP contribution in [0.2, 0.25) is 0 Å². The molecule has 0 spiro atoms. The molecule has 0 fully saturated rings. The zero-order chi connectivity index (χ0) is 18.5. The van der Waals surface area contributed by atoms with Crippen molar-refractivity contribution in [1.29, 1.82) is 0 Å². The number of para-hydroxylation sites is 2. The van der Waals surface area contributed by atoms with E-state index in [2.05, 4.69) is 45.6 Å². The van der Waals surface area contributed by atoms with Crippen molar-refractivity contribution >= 4 is 0 Å². The Morgan fingerprint density at radius 1 is 1.07 bits per heavy atom. The van der Waals surface area contributed by atoms with E-state index in [0.29, 0.717) is 6.61 Å². The summed E-state index contributed by atoms with van der Waals surface area (Å²) in [6.07, 6.45) is 3.95. The molecule has 2 aromatic carbocycles. The maximum Gasteiger partial charge on any atom is 0.161 e. The molecule has 2 heterocycles. The lowest BCUT2D eigenvalue weighted by molar-refractivity contribution is 0.0571. The number of ether oxygens (including phenoxy) is 2. The number of rotatable bonds is 7. The summed E-state index contributed by atoms with van der Waals surface area (Å²) in [7, 11) is 0. The molecule has 4 rings (SSSR count). The molecule has 0 saturated heterocycles. The molecule has 5 heteroatoms. The summed E-state index contributed by atoms with van der Waals surface area (Å²) in [5.41, 5.74) is 1.28. The predicted octanol–water partition coefficient (Wildman–Crippen LogP) is 3.59. The van der Waals surface area contributed by atoms with Gasteiger partial charge in [0.25, 0.3) is 0 Å². The molecule has 3 aromatic rings. The second-order valence-electron chi connectivity index (χ2n) is 6.78. The second-order valence-corrected chi connectivity index (χ2v) is 6.78. The molecule has 0 radical (unpaired) electrons. The molecule has 1 aliphatic rings. The van der Waals surface area contributed by atoms with Crippen LogP contribution in [-0.2, 0) is 13.1 Å². The Balaban J connectivity index is 1.39. The average Bonchev–Trinajstić information content (AvgIpc) is 3.14. The third kappa shape index (κ3) is 4.31. The highest BCUT2D eigenvalue weighted by Gasteiger charge is 2.23. The normalized spacial score (nSPS) is 15.9. The van der Waals surface area contributed by atoms with Gasteiger partial charge in [0, 0.05) is 25.5 Å². The molecule has 27 heavy (non-hydrogen) atoms. The quantitative estimate of drug-likeness (QED) is 0.643. The molecule has 0 saturated carbocycles. The maximum absolute atomic E-state index is 6.12. The van der Waals surface area contributed by atoms with Gasteiger partial charge < -0.3 is 14.0 Å². The van der Waals surface area contributed by atoms with E-state index in [4.69, 9.17) is 9.47 Å². The van der Waals surface area contributed by atoms with Gasteiger partial charge in [-0.2, -0.15) is 0 Å². The highest BCUT2D eigenvalue weighted by Crippen LogP contribution is 2.31. The SMILES string of the molecule is CCN(Cc1nccn1Cc1ccccc1)CC1COc2ccccc2O1. The minimum Gasteiger partial charge on any atom is -0.486 e. The van der Waals surface area contributed by atoms with Crippen LogP contribution in [0.25, 0.3) is 0 Å². The summed E-state index contributed by atoms with van der Waals surface area (Å²) >= 11 is 0. The number of imidazole rings is 1. The van der Waals surface area contributed by atoms with Crippen molar-refractivity contribution in [2.75, 3.05) is 19.7 Å². The van der Waals surface area contributed by atoms with Gasteiger partial charge in [-0.05, 0) is 24.2 Å². The molecular formula is C22H25N3O2. The number of fused-ring (bicyclic) bond motifs is 1. The fourth-order valence-corrected chi connectivity index (χ4v) is 3.36. The lowest BCUT2D eigenvalue weighted by atomic mass is 10.2. The van der Waals surface area contributed by atoms with E-state index < -0.39 is 0 Å². The van der Waals surface area contributed by atoms with E-state index in [1.807, 2.05) is 42.7 Å². The van der Waals surface area contributed by atoms with E-state index >= 15 is 0 Å². The number of benzene rings is 2. The Morgan fingerprint density at radius 3 is 2.67 bits per heavy atom. The molecule has 0 aliphatic carbocycles. The van der Waals surface area contributed by atoms with Crippen molar-refractivity contribution in [2.24, 2.45) is 0 Å².